The van der Waals surface area contributed by atoms with Crippen LogP contribution in [-0.4, -0.2) is 18.1 Å². The molecule has 1 rings (SSSR count). The Hall–Kier alpha value is -1.47. The SMILES string of the molecule is CC(C)Oc1ccc(CNC(=O)[C@H](C)N)c(C(F)(F)F)c1.Cl. The zero-order valence-electron chi connectivity index (χ0n) is 12.5. The molecule has 0 spiro atoms. The normalized spacial score (nSPS) is 12.5. The number of halogens is 4. The fourth-order valence-corrected chi connectivity index (χ4v) is 1.66. The average molecular weight is 341 g/mol. The van der Waals surface area contributed by atoms with E-state index < -0.39 is 23.7 Å². The van der Waals surface area contributed by atoms with Gasteiger partial charge in [-0.1, -0.05) is 6.07 Å². The van der Waals surface area contributed by atoms with Crippen LogP contribution in [0, 0.1) is 0 Å². The molecule has 0 bridgehead atoms. The Morgan fingerprint density at radius 3 is 2.36 bits per heavy atom. The van der Waals surface area contributed by atoms with Gasteiger partial charge in [0.25, 0.3) is 0 Å². The summed E-state index contributed by atoms with van der Waals surface area (Å²) >= 11 is 0. The van der Waals surface area contributed by atoms with Gasteiger partial charge < -0.3 is 15.8 Å². The molecule has 8 heteroatoms. The minimum absolute atomic E-state index is 0. The number of alkyl halides is 3. The van der Waals surface area contributed by atoms with Crippen molar-refractivity contribution < 1.29 is 22.7 Å². The van der Waals surface area contributed by atoms with Crippen LogP contribution in [0.1, 0.15) is 31.9 Å². The van der Waals surface area contributed by atoms with Crippen molar-refractivity contribution in [2.75, 3.05) is 0 Å². The van der Waals surface area contributed by atoms with Crippen LogP contribution in [-0.2, 0) is 17.5 Å². The second-order valence-corrected chi connectivity index (χ2v) is 4.99. The van der Waals surface area contributed by atoms with Gasteiger partial charge in [0.15, 0.2) is 0 Å². The molecule has 0 aliphatic heterocycles. The van der Waals surface area contributed by atoms with E-state index in [1.165, 1.54) is 19.1 Å². The summed E-state index contributed by atoms with van der Waals surface area (Å²) in [6, 6.07) is 2.90. The lowest BCUT2D eigenvalue weighted by Crippen LogP contribution is -2.38. The smallest absolute Gasteiger partial charge is 0.416 e. The Morgan fingerprint density at radius 2 is 1.91 bits per heavy atom. The fourth-order valence-electron chi connectivity index (χ4n) is 1.66. The third kappa shape index (κ3) is 6.11. The van der Waals surface area contributed by atoms with Crippen molar-refractivity contribution in [3.05, 3.63) is 29.3 Å². The Morgan fingerprint density at radius 1 is 1.32 bits per heavy atom. The van der Waals surface area contributed by atoms with Crippen molar-refractivity contribution >= 4 is 18.3 Å². The van der Waals surface area contributed by atoms with E-state index in [0.29, 0.717) is 0 Å². The number of amides is 1. The van der Waals surface area contributed by atoms with E-state index in [1.807, 2.05) is 0 Å². The first-order valence-corrected chi connectivity index (χ1v) is 6.51. The summed E-state index contributed by atoms with van der Waals surface area (Å²) in [5, 5.41) is 2.37. The molecule has 1 amide bonds. The molecule has 0 aromatic heterocycles. The van der Waals surface area contributed by atoms with Crippen molar-refractivity contribution in [3.63, 3.8) is 0 Å². The summed E-state index contributed by atoms with van der Waals surface area (Å²) in [7, 11) is 0. The Bertz CT molecular complexity index is 505. The highest BCUT2D eigenvalue weighted by Gasteiger charge is 2.34. The predicted molar refractivity (Wildman–Crippen MR) is 80.0 cm³/mol. The minimum Gasteiger partial charge on any atom is -0.491 e. The molecule has 3 N–H and O–H groups in total. The largest absolute Gasteiger partial charge is 0.491 e. The first kappa shape index (κ1) is 20.5. The zero-order valence-corrected chi connectivity index (χ0v) is 13.3. The maximum atomic E-state index is 13.1. The summed E-state index contributed by atoms with van der Waals surface area (Å²) in [4.78, 5) is 11.3. The third-order valence-electron chi connectivity index (χ3n) is 2.63. The lowest BCUT2D eigenvalue weighted by Gasteiger charge is -2.17. The molecule has 22 heavy (non-hydrogen) atoms. The summed E-state index contributed by atoms with van der Waals surface area (Å²) in [5.41, 5.74) is 4.49. The van der Waals surface area contributed by atoms with Gasteiger partial charge in [0.05, 0.1) is 17.7 Å². The number of carbonyl (C=O) groups excluding carboxylic acids is 1. The monoisotopic (exact) mass is 340 g/mol. The van der Waals surface area contributed by atoms with E-state index >= 15 is 0 Å². The summed E-state index contributed by atoms with van der Waals surface area (Å²) in [5.74, 6) is -0.370. The number of nitrogens with two attached hydrogens (primary N) is 1. The average Bonchev–Trinajstić information content (AvgIpc) is 2.34. The molecule has 126 valence electrons. The lowest BCUT2D eigenvalue weighted by molar-refractivity contribution is -0.138. The van der Waals surface area contributed by atoms with Gasteiger partial charge in [-0.05, 0) is 38.5 Å². The molecule has 0 saturated heterocycles. The van der Waals surface area contributed by atoms with Crippen LogP contribution in [0.2, 0.25) is 0 Å². The van der Waals surface area contributed by atoms with E-state index in [9.17, 15) is 18.0 Å². The molecule has 0 aliphatic rings. The van der Waals surface area contributed by atoms with Crippen LogP contribution in [0.4, 0.5) is 13.2 Å². The van der Waals surface area contributed by atoms with Gasteiger partial charge in [0, 0.05) is 6.54 Å². The van der Waals surface area contributed by atoms with Gasteiger partial charge in [-0.25, -0.2) is 0 Å². The molecule has 4 nitrogen and oxygen atoms in total. The highest BCUT2D eigenvalue weighted by atomic mass is 35.5. The summed E-state index contributed by atoms with van der Waals surface area (Å²) in [6.45, 7) is 4.67. The molecule has 0 radical (unpaired) electrons. The molecule has 0 saturated carbocycles. The Balaban J connectivity index is 0.00000441. The van der Waals surface area contributed by atoms with Crippen LogP contribution in [0.5, 0.6) is 5.75 Å². The molecule has 1 aromatic rings. The van der Waals surface area contributed by atoms with Crippen molar-refractivity contribution in [3.8, 4) is 5.75 Å². The van der Waals surface area contributed by atoms with Crippen LogP contribution in [0.3, 0.4) is 0 Å². The maximum absolute atomic E-state index is 13.1. The molecule has 0 unspecified atom stereocenters. The number of rotatable bonds is 5. The molecular weight excluding hydrogens is 321 g/mol. The third-order valence-corrected chi connectivity index (χ3v) is 2.63. The zero-order chi connectivity index (χ0) is 16.2. The van der Waals surface area contributed by atoms with Crippen molar-refractivity contribution in [2.45, 2.75) is 45.6 Å². The second kappa shape index (κ2) is 8.24. The van der Waals surface area contributed by atoms with Crippen LogP contribution >= 0.6 is 12.4 Å². The molecule has 1 atom stereocenters. The number of carbonyl (C=O) groups is 1. The van der Waals surface area contributed by atoms with E-state index in [1.54, 1.807) is 13.8 Å². The number of benzene rings is 1. The minimum atomic E-state index is -4.52. The highest BCUT2D eigenvalue weighted by molar-refractivity contribution is 5.85. The van der Waals surface area contributed by atoms with E-state index in [4.69, 9.17) is 10.5 Å². The molecular formula is C14H20ClF3N2O2. The van der Waals surface area contributed by atoms with Crippen LogP contribution in [0.15, 0.2) is 18.2 Å². The molecule has 1 aromatic carbocycles. The van der Waals surface area contributed by atoms with E-state index in [2.05, 4.69) is 5.32 Å². The van der Waals surface area contributed by atoms with Gasteiger partial charge in [0.1, 0.15) is 5.75 Å². The Kier molecular flexibility index (Phi) is 7.69. The van der Waals surface area contributed by atoms with Crippen molar-refractivity contribution in [2.24, 2.45) is 5.73 Å². The molecule has 0 heterocycles. The topological polar surface area (TPSA) is 64.3 Å². The van der Waals surface area contributed by atoms with Gasteiger partial charge in [-0.15, -0.1) is 12.4 Å². The molecule has 0 aliphatic carbocycles. The number of hydrogen-bond donors (Lipinski definition) is 2. The van der Waals surface area contributed by atoms with Crippen molar-refractivity contribution in [1.29, 1.82) is 0 Å². The number of hydrogen-bond acceptors (Lipinski definition) is 3. The van der Waals surface area contributed by atoms with Crippen molar-refractivity contribution in [1.82, 2.24) is 5.32 Å². The maximum Gasteiger partial charge on any atom is 0.416 e. The van der Waals surface area contributed by atoms with Crippen LogP contribution in [0.25, 0.3) is 0 Å². The summed E-state index contributed by atoms with van der Waals surface area (Å²) < 4.78 is 44.4. The van der Waals surface area contributed by atoms with E-state index in [-0.39, 0.29) is 36.4 Å². The van der Waals surface area contributed by atoms with E-state index in [0.717, 1.165) is 6.07 Å². The van der Waals surface area contributed by atoms with Gasteiger partial charge in [0.2, 0.25) is 5.91 Å². The first-order chi connectivity index (χ1) is 9.61. The fraction of sp³-hybridized carbons (Fsp3) is 0.500. The number of ether oxygens (including phenoxy) is 1. The quantitative estimate of drug-likeness (QED) is 0.866. The van der Waals surface area contributed by atoms with Crippen LogP contribution < -0.4 is 15.8 Å². The van der Waals surface area contributed by atoms with Gasteiger partial charge in [-0.2, -0.15) is 13.2 Å². The standard InChI is InChI=1S/C14H19F3N2O2.ClH/c1-8(2)21-11-5-4-10(7-19-13(20)9(3)18)12(6-11)14(15,16)17;/h4-6,8-9H,7,18H2,1-3H3,(H,19,20);1H/t9-;/m0./s1. The first-order valence-electron chi connectivity index (χ1n) is 6.51. The second-order valence-electron chi connectivity index (χ2n) is 4.99. The predicted octanol–water partition coefficient (Wildman–Crippen LogP) is 2.88. The summed E-state index contributed by atoms with van der Waals surface area (Å²) in [6.07, 6.45) is -4.75. The highest BCUT2D eigenvalue weighted by Crippen LogP contribution is 2.34. The molecule has 0 fully saturated rings. The van der Waals surface area contributed by atoms with Gasteiger partial charge in [-0.3, -0.25) is 4.79 Å². The number of nitrogens with one attached hydrogen (secondary N) is 1. The van der Waals surface area contributed by atoms with Gasteiger partial charge >= 0.3 is 6.18 Å². The Labute approximate surface area is 133 Å². The lowest BCUT2D eigenvalue weighted by atomic mass is 10.1.